The Balaban J connectivity index is 0.000000980. The van der Waals surface area contributed by atoms with Crippen molar-refractivity contribution >= 4 is 30.6 Å². The van der Waals surface area contributed by atoms with Gasteiger partial charge in [0.25, 0.3) is 0 Å². The maximum absolute atomic E-state index is 12.6. The molecule has 0 amide bonds. The van der Waals surface area contributed by atoms with Gasteiger partial charge >= 0.3 is 0 Å². The van der Waals surface area contributed by atoms with E-state index < -0.39 is 0 Å². The second-order valence-electron chi connectivity index (χ2n) is 3.07. The molecule has 15 heavy (non-hydrogen) atoms. The molecular weight excluding hydrogens is 240 g/mol. The largest absolute Gasteiger partial charge is 0.354 e. The molecule has 0 spiro atoms. The average molecular weight is 254 g/mol. The zero-order chi connectivity index (χ0) is 9.10. The second kappa shape index (κ2) is 6.82. The number of anilines is 1. The van der Waals surface area contributed by atoms with Gasteiger partial charge in [-0.15, -0.1) is 24.8 Å². The number of aromatic nitrogens is 1. The van der Waals surface area contributed by atoms with Gasteiger partial charge in [-0.05, 0) is 12.1 Å². The van der Waals surface area contributed by atoms with E-state index in [1.165, 1.54) is 12.3 Å². The summed E-state index contributed by atoms with van der Waals surface area (Å²) >= 11 is 0. The van der Waals surface area contributed by atoms with E-state index >= 15 is 0 Å². The Morgan fingerprint density at radius 2 is 1.87 bits per heavy atom. The minimum atomic E-state index is -0.279. The van der Waals surface area contributed by atoms with Crippen LogP contribution in [0.2, 0.25) is 0 Å². The summed E-state index contributed by atoms with van der Waals surface area (Å²) in [5.41, 5.74) is 0. The lowest BCUT2D eigenvalue weighted by Crippen LogP contribution is -2.43. The van der Waals surface area contributed by atoms with Crippen LogP contribution >= 0.6 is 24.8 Å². The lowest BCUT2D eigenvalue weighted by atomic mass is 10.3. The predicted molar refractivity (Wildman–Crippen MR) is 63.8 cm³/mol. The average Bonchev–Trinajstić information content (AvgIpc) is 2.20. The molecule has 0 saturated carbocycles. The molecule has 1 aromatic heterocycles. The van der Waals surface area contributed by atoms with Crippen molar-refractivity contribution in [2.45, 2.75) is 0 Å². The van der Waals surface area contributed by atoms with E-state index in [1.807, 2.05) is 0 Å². The summed E-state index contributed by atoms with van der Waals surface area (Å²) in [4.78, 5) is 6.17. The number of rotatable bonds is 1. The van der Waals surface area contributed by atoms with Gasteiger partial charge in [0.1, 0.15) is 11.6 Å². The Morgan fingerprint density at radius 3 is 2.40 bits per heavy atom. The van der Waals surface area contributed by atoms with E-state index in [2.05, 4.69) is 15.2 Å². The van der Waals surface area contributed by atoms with Crippen LogP contribution in [0.4, 0.5) is 10.2 Å². The van der Waals surface area contributed by atoms with E-state index in [9.17, 15) is 4.39 Å². The first kappa shape index (κ1) is 14.4. The van der Waals surface area contributed by atoms with Crippen LogP contribution in [-0.4, -0.2) is 31.2 Å². The molecule has 1 N–H and O–H groups in total. The van der Waals surface area contributed by atoms with E-state index in [0.717, 1.165) is 32.0 Å². The van der Waals surface area contributed by atoms with E-state index in [1.54, 1.807) is 6.07 Å². The molecule has 0 atom stereocenters. The quantitative estimate of drug-likeness (QED) is 0.822. The number of pyridine rings is 1. The van der Waals surface area contributed by atoms with Crippen LogP contribution in [0.1, 0.15) is 0 Å². The summed E-state index contributed by atoms with van der Waals surface area (Å²) in [5.74, 6) is 0.585. The zero-order valence-electron chi connectivity index (χ0n) is 8.15. The lowest BCUT2D eigenvalue weighted by Gasteiger charge is -2.28. The normalized spacial score (nSPS) is 15.1. The number of nitrogens with one attached hydrogen (secondary N) is 1. The SMILES string of the molecule is Cl.Cl.Fc1ccc(N2CCNCC2)nc1. The molecule has 1 aliphatic rings. The third-order valence-electron chi connectivity index (χ3n) is 2.15. The first-order valence-corrected chi connectivity index (χ1v) is 4.43. The summed E-state index contributed by atoms with van der Waals surface area (Å²) in [6, 6.07) is 3.17. The van der Waals surface area contributed by atoms with Gasteiger partial charge in [0.2, 0.25) is 0 Å². The van der Waals surface area contributed by atoms with Gasteiger partial charge in [0.15, 0.2) is 0 Å². The van der Waals surface area contributed by atoms with Crippen molar-refractivity contribution in [2.24, 2.45) is 0 Å². The zero-order valence-corrected chi connectivity index (χ0v) is 9.78. The fourth-order valence-electron chi connectivity index (χ4n) is 1.45. The number of hydrogen-bond acceptors (Lipinski definition) is 3. The van der Waals surface area contributed by atoms with Crippen LogP contribution in [-0.2, 0) is 0 Å². The Kier molecular flexibility index (Phi) is 6.56. The third kappa shape index (κ3) is 3.81. The molecular formula is C9H14Cl2FN3. The van der Waals surface area contributed by atoms with Gasteiger partial charge in [0, 0.05) is 26.2 Å². The summed E-state index contributed by atoms with van der Waals surface area (Å²) in [6.07, 6.45) is 1.26. The highest BCUT2D eigenvalue weighted by molar-refractivity contribution is 5.85. The second-order valence-corrected chi connectivity index (χ2v) is 3.07. The highest BCUT2D eigenvalue weighted by Crippen LogP contribution is 2.10. The standard InChI is InChI=1S/C9H12FN3.2ClH/c10-8-1-2-9(12-7-8)13-5-3-11-4-6-13;;/h1-2,7,11H,3-6H2;2*1H. The van der Waals surface area contributed by atoms with Crippen molar-refractivity contribution in [3.8, 4) is 0 Å². The molecule has 1 fully saturated rings. The monoisotopic (exact) mass is 253 g/mol. The van der Waals surface area contributed by atoms with Crippen LogP contribution < -0.4 is 10.2 Å². The molecule has 0 aliphatic carbocycles. The molecule has 86 valence electrons. The topological polar surface area (TPSA) is 28.2 Å². The molecule has 0 bridgehead atoms. The van der Waals surface area contributed by atoms with Crippen molar-refractivity contribution in [3.05, 3.63) is 24.1 Å². The molecule has 3 nitrogen and oxygen atoms in total. The Labute approximate surface area is 101 Å². The number of piperazine rings is 1. The van der Waals surface area contributed by atoms with Crippen LogP contribution in [0.3, 0.4) is 0 Å². The third-order valence-corrected chi connectivity index (χ3v) is 2.15. The Hall–Kier alpha value is -0.580. The van der Waals surface area contributed by atoms with Crippen molar-refractivity contribution in [1.82, 2.24) is 10.3 Å². The Bertz CT molecular complexity index is 275. The molecule has 1 saturated heterocycles. The number of nitrogens with zero attached hydrogens (tertiary/aromatic N) is 2. The molecule has 0 unspecified atom stereocenters. The van der Waals surface area contributed by atoms with Crippen LogP contribution in [0.25, 0.3) is 0 Å². The van der Waals surface area contributed by atoms with Crippen LogP contribution in [0.15, 0.2) is 18.3 Å². The molecule has 1 aliphatic heterocycles. The van der Waals surface area contributed by atoms with Crippen LogP contribution in [0.5, 0.6) is 0 Å². The Morgan fingerprint density at radius 1 is 1.20 bits per heavy atom. The highest BCUT2D eigenvalue weighted by atomic mass is 35.5. The van der Waals surface area contributed by atoms with Gasteiger partial charge in [-0.2, -0.15) is 0 Å². The van der Waals surface area contributed by atoms with Gasteiger partial charge in [-0.1, -0.05) is 0 Å². The van der Waals surface area contributed by atoms with Gasteiger partial charge in [-0.3, -0.25) is 0 Å². The fourth-order valence-corrected chi connectivity index (χ4v) is 1.45. The van der Waals surface area contributed by atoms with Gasteiger partial charge in [0.05, 0.1) is 6.20 Å². The predicted octanol–water partition coefficient (Wildman–Crippen LogP) is 1.47. The molecule has 0 aromatic carbocycles. The summed E-state index contributed by atoms with van der Waals surface area (Å²) in [5, 5.41) is 3.25. The smallest absolute Gasteiger partial charge is 0.141 e. The van der Waals surface area contributed by atoms with Crippen molar-refractivity contribution < 1.29 is 4.39 Å². The van der Waals surface area contributed by atoms with Crippen LogP contribution in [0, 0.1) is 5.82 Å². The minimum Gasteiger partial charge on any atom is -0.354 e. The molecule has 0 radical (unpaired) electrons. The van der Waals surface area contributed by atoms with Crippen molar-refractivity contribution in [2.75, 3.05) is 31.1 Å². The lowest BCUT2D eigenvalue weighted by molar-refractivity contribution is 0.581. The summed E-state index contributed by atoms with van der Waals surface area (Å²) < 4.78 is 12.6. The van der Waals surface area contributed by atoms with Crippen molar-refractivity contribution in [3.63, 3.8) is 0 Å². The maximum Gasteiger partial charge on any atom is 0.141 e. The van der Waals surface area contributed by atoms with Gasteiger partial charge < -0.3 is 10.2 Å². The number of hydrogen-bond donors (Lipinski definition) is 1. The van der Waals surface area contributed by atoms with E-state index in [4.69, 9.17) is 0 Å². The maximum atomic E-state index is 12.6. The van der Waals surface area contributed by atoms with E-state index in [-0.39, 0.29) is 30.6 Å². The summed E-state index contributed by atoms with van der Waals surface area (Å²) in [7, 11) is 0. The van der Waals surface area contributed by atoms with Gasteiger partial charge in [-0.25, -0.2) is 9.37 Å². The highest BCUT2D eigenvalue weighted by Gasteiger charge is 2.10. The molecule has 2 rings (SSSR count). The minimum absolute atomic E-state index is 0. The number of halogens is 3. The van der Waals surface area contributed by atoms with E-state index in [0.29, 0.717) is 0 Å². The molecule has 2 heterocycles. The first-order chi connectivity index (χ1) is 6.36. The fraction of sp³-hybridized carbons (Fsp3) is 0.444. The summed E-state index contributed by atoms with van der Waals surface area (Å²) in [6.45, 7) is 3.83. The van der Waals surface area contributed by atoms with Crippen molar-refractivity contribution in [1.29, 1.82) is 0 Å². The molecule has 1 aromatic rings. The molecule has 6 heteroatoms. The first-order valence-electron chi connectivity index (χ1n) is 4.43.